The lowest BCUT2D eigenvalue weighted by atomic mass is 10.0. The minimum atomic E-state index is -0.509. The highest BCUT2D eigenvalue weighted by atomic mass is 35.5. The van der Waals surface area contributed by atoms with Crippen molar-refractivity contribution in [1.82, 2.24) is 5.16 Å². The highest BCUT2D eigenvalue weighted by Crippen LogP contribution is 2.36. The van der Waals surface area contributed by atoms with Crippen LogP contribution in [0.25, 0.3) is 22.4 Å². The normalized spacial score (nSPS) is 10.7. The molecule has 3 rings (SSSR count). The van der Waals surface area contributed by atoms with Crippen LogP contribution in [-0.4, -0.2) is 5.16 Å². The summed E-state index contributed by atoms with van der Waals surface area (Å²) >= 11 is 5.69. The first kappa shape index (κ1) is 12.7. The Balaban J connectivity index is 2.18. The summed E-state index contributed by atoms with van der Waals surface area (Å²) in [7, 11) is 0. The molecule has 100 valence electrons. The van der Waals surface area contributed by atoms with Gasteiger partial charge < -0.3 is 10.3 Å². The van der Waals surface area contributed by atoms with Crippen LogP contribution in [0.3, 0.4) is 0 Å². The largest absolute Gasteiger partial charge is 0.367 e. The van der Waals surface area contributed by atoms with Gasteiger partial charge in [-0.2, -0.15) is 0 Å². The summed E-state index contributed by atoms with van der Waals surface area (Å²) in [5, 5.41) is 3.98. The standard InChI is InChI=1S/C15H10ClFN2O/c16-11-7-6-10(8-12(11)17)14-13(15(18)20-19-14)9-4-2-1-3-5-9/h1-8H,18H2. The molecule has 0 saturated carbocycles. The summed E-state index contributed by atoms with van der Waals surface area (Å²) in [6, 6.07) is 13.9. The van der Waals surface area contributed by atoms with Crippen LogP contribution in [0.1, 0.15) is 0 Å². The van der Waals surface area contributed by atoms with Crippen LogP contribution >= 0.6 is 11.6 Å². The van der Waals surface area contributed by atoms with E-state index in [0.29, 0.717) is 16.8 Å². The van der Waals surface area contributed by atoms with Gasteiger partial charge in [0.1, 0.15) is 11.5 Å². The molecule has 2 aromatic carbocycles. The molecule has 0 spiro atoms. The Morgan fingerprint density at radius 3 is 2.50 bits per heavy atom. The maximum atomic E-state index is 13.6. The number of nitrogens with zero attached hydrogens (tertiary/aromatic N) is 1. The van der Waals surface area contributed by atoms with Gasteiger partial charge in [-0.05, 0) is 17.7 Å². The summed E-state index contributed by atoms with van der Waals surface area (Å²) in [5.41, 5.74) is 8.38. The van der Waals surface area contributed by atoms with Gasteiger partial charge in [-0.15, -0.1) is 0 Å². The minimum absolute atomic E-state index is 0.0616. The molecule has 0 aliphatic heterocycles. The Kier molecular flexibility index (Phi) is 3.16. The predicted octanol–water partition coefficient (Wildman–Crippen LogP) is 4.38. The zero-order valence-corrected chi connectivity index (χ0v) is 11.1. The third-order valence-electron chi connectivity index (χ3n) is 2.97. The minimum Gasteiger partial charge on any atom is -0.367 e. The van der Waals surface area contributed by atoms with Crippen LogP contribution in [0, 0.1) is 5.82 Å². The van der Waals surface area contributed by atoms with Gasteiger partial charge in [0.15, 0.2) is 0 Å². The molecule has 0 unspecified atom stereocenters. The number of nitrogens with two attached hydrogens (primary N) is 1. The molecule has 0 aliphatic rings. The molecule has 0 saturated heterocycles. The van der Waals surface area contributed by atoms with Crippen LogP contribution in [0.5, 0.6) is 0 Å². The SMILES string of the molecule is Nc1onc(-c2ccc(Cl)c(F)c2)c1-c1ccccc1. The van der Waals surface area contributed by atoms with E-state index >= 15 is 0 Å². The summed E-state index contributed by atoms with van der Waals surface area (Å²) in [4.78, 5) is 0. The molecule has 2 N–H and O–H groups in total. The lowest BCUT2D eigenvalue weighted by Crippen LogP contribution is -1.88. The van der Waals surface area contributed by atoms with E-state index in [9.17, 15) is 4.39 Å². The van der Waals surface area contributed by atoms with Gasteiger partial charge in [-0.1, -0.05) is 53.2 Å². The van der Waals surface area contributed by atoms with Crippen LogP contribution in [0.15, 0.2) is 53.1 Å². The van der Waals surface area contributed by atoms with Gasteiger partial charge in [0.2, 0.25) is 5.88 Å². The molecule has 1 aromatic heterocycles. The molecular weight excluding hydrogens is 279 g/mol. The van der Waals surface area contributed by atoms with E-state index in [1.807, 2.05) is 30.3 Å². The average Bonchev–Trinajstić information content (AvgIpc) is 2.85. The summed E-state index contributed by atoms with van der Waals surface area (Å²) in [5.74, 6) is -0.314. The van der Waals surface area contributed by atoms with E-state index in [0.717, 1.165) is 5.56 Å². The molecule has 0 amide bonds. The highest BCUT2D eigenvalue weighted by molar-refractivity contribution is 6.30. The molecule has 3 nitrogen and oxygen atoms in total. The topological polar surface area (TPSA) is 52.0 Å². The van der Waals surface area contributed by atoms with Gasteiger partial charge in [0.25, 0.3) is 0 Å². The van der Waals surface area contributed by atoms with Crippen molar-refractivity contribution < 1.29 is 8.91 Å². The van der Waals surface area contributed by atoms with Gasteiger partial charge in [-0.25, -0.2) is 4.39 Å². The fourth-order valence-electron chi connectivity index (χ4n) is 2.03. The van der Waals surface area contributed by atoms with E-state index in [1.165, 1.54) is 12.1 Å². The summed E-state index contributed by atoms with van der Waals surface area (Å²) in [6.07, 6.45) is 0. The van der Waals surface area contributed by atoms with Gasteiger partial charge in [-0.3, -0.25) is 0 Å². The number of nitrogen functional groups attached to an aromatic ring is 1. The van der Waals surface area contributed by atoms with Gasteiger partial charge in [0.05, 0.1) is 10.6 Å². The van der Waals surface area contributed by atoms with Crippen molar-refractivity contribution in [2.45, 2.75) is 0 Å². The highest BCUT2D eigenvalue weighted by Gasteiger charge is 2.18. The number of hydrogen-bond donors (Lipinski definition) is 1. The van der Waals surface area contributed by atoms with Crippen molar-refractivity contribution in [2.75, 3.05) is 5.73 Å². The molecular formula is C15H10ClFN2O. The lowest BCUT2D eigenvalue weighted by molar-refractivity contribution is 0.439. The molecule has 0 aliphatic carbocycles. The number of halogens is 2. The average molecular weight is 289 g/mol. The van der Waals surface area contributed by atoms with E-state index in [-0.39, 0.29) is 10.9 Å². The van der Waals surface area contributed by atoms with E-state index in [1.54, 1.807) is 6.07 Å². The maximum Gasteiger partial charge on any atom is 0.230 e. The second-order valence-corrected chi connectivity index (χ2v) is 4.67. The van der Waals surface area contributed by atoms with Gasteiger partial charge >= 0.3 is 0 Å². The number of benzene rings is 2. The van der Waals surface area contributed by atoms with Crippen LogP contribution in [-0.2, 0) is 0 Å². The van der Waals surface area contributed by atoms with Crippen molar-refractivity contribution >= 4 is 17.5 Å². The molecule has 20 heavy (non-hydrogen) atoms. The monoisotopic (exact) mass is 288 g/mol. The van der Waals surface area contributed by atoms with Crippen LogP contribution < -0.4 is 5.73 Å². The van der Waals surface area contributed by atoms with Crippen molar-refractivity contribution in [3.05, 3.63) is 59.4 Å². The zero-order valence-electron chi connectivity index (χ0n) is 10.3. The predicted molar refractivity (Wildman–Crippen MR) is 76.8 cm³/mol. The van der Waals surface area contributed by atoms with Crippen molar-refractivity contribution in [1.29, 1.82) is 0 Å². The number of rotatable bonds is 2. The van der Waals surface area contributed by atoms with Crippen molar-refractivity contribution in [3.8, 4) is 22.4 Å². The molecule has 0 atom stereocenters. The fourth-order valence-corrected chi connectivity index (χ4v) is 2.14. The second-order valence-electron chi connectivity index (χ2n) is 4.27. The first-order valence-corrected chi connectivity index (χ1v) is 6.30. The fraction of sp³-hybridized carbons (Fsp3) is 0. The molecule has 0 fully saturated rings. The lowest BCUT2D eigenvalue weighted by Gasteiger charge is -2.03. The van der Waals surface area contributed by atoms with E-state index < -0.39 is 5.82 Å². The Morgan fingerprint density at radius 2 is 1.80 bits per heavy atom. The molecule has 0 bridgehead atoms. The summed E-state index contributed by atoms with van der Waals surface area (Å²) < 4.78 is 18.6. The Hall–Kier alpha value is -2.33. The molecule has 5 heteroatoms. The Morgan fingerprint density at radius 1 is 1.05 bits per heavy atom. The third-order valence-corrected chi connectivity index (χ3v) is 3.28. The third kappa shape index (κ3) is 2.14. The first-order chi connectivity index (χ1) is 9.66. The number of aromatic nitrogens is 1. The smallest absolute Gasteiger partial charge is 0.230 e. The second kappa shape index (κ2) is 4.98. The quantitative estimate of drug-likeness (QED) is 0.761. The number of hydrogen-bond acceptors (Lipinski definition) is 3. The molecule has 3 aromatic rings. The van der Waals surface area contributed by atoms with Gasteiger partial charge in [0, 0.05) is 5.56 Å². The van der Waals surface area contributed by atoms with E-state index in [4.69, 9.17) is 21.9 Å². The Labute approximate surface area is 119 Å². The van der Waals surface area contributed by atoms with Crippen molar-refractivity contribution in [3.63, 3.8) is 0 Å². The van der Waals surface area contributed by atoms with E-state index in [2.05, 4.69) is 5.16 Å². The first-order valence-electron chi connectivity index (χ1n) is 5.93. The van der Waals surface area contributed by atoms with Crippen molar-refractivity contribution in [2.24, 2.45) is 0 Å². The zero-order chi connectivity index (χ0) is 14.1. The summed E-state index contributed by atoms with van der Waals surface area (Å²) in [6.45, 7) is 0. The maximum absolute atomic E-state index is 13.6. The molecule has 0 radical (unpaired) electrons. The van der Waals surface area contributed by atoms with Crippen LogP contribution in [0.2, 0.25) is 5.02 Å². The molecule has 1 heterocycles. The Bertz CT molecular complexity index is 756. The van der Waals surface area contributed by atoms with Crippen LogP contribution in [0.4, 0.5) is 10.3 Å². The number of anilines is 1.